The highest BCUT2D eigenvalue weighted by molar-refractivity contribution is 8.18. The summed E-state index contributed by atoms with van der Waals surface area (Å²) in [6.45, 7) is 1.28. The van der Waals surface area contributed by atoms with Crippen molar-refractivity contribution >= 4 is 40.6 Å². The summed E-state index contributed by atoms with van der Waals surface area (Å²) in [5, 5.41) is 10.4. The number of non-ortho nitro benzene ring substituents is 1. The Hall–Kier alpha value is -3.66. The van der Waals surface area contributed by atoms with Crippen LogP contribution in [0.1, 0.15) is 24.0 Å². The standard InChI is InChI=1S/C23H21N3O6S/c27-21(24-10-1-2-11-24)14-25-22(28)20(33-23(25)29)13-16-6-8-19(9-7-16)32-15-17-4-3-5-18(12-17)26(30)31/h3-9,12-13H,1-2,10-11,14-15H2/b20-13+. The van der Waals surface area contributed by atoms with Crippen LogP contribution in [0.25, 0.3) is 6.08 Å². The number of nitro benzene ring substituents is 1. The van der Waals surface area contributed by atoms with Crippen LogP contribution in [0.5, 0.6) is 5.75 Å². The quantitative estimate of drug-likeness (QED) is 0.346. The van der Waals surface area contributed by atoms with Crippen molar-refractivity contribution < 1.29 is 24.0 Å². The Kier molecular flexibility index (Phi) is 6.74. The van der Waals surface area contributed by atoms with Crippen LogP contribution in [0.15, 0.2) is 53.4 Å². The zero-order valence-electron chi connectivity index (χ0n) is 17.6. The lowest BCUT2D eigenvalue weighted by molar-refractivity contribution is -0.384. The molecule has 2 fully saturated rings. The van der Waals surface area contributed by atoms with Crippen LogP contribution >= 0.6 is 11.8 Å². The van der Waals surface area contributed by atoms with Crippen molar-refractivity contribution in [2.24, 2.45) is 0 Å². The van der Waals surface area contributed by atoms with E-state index in [0.717, 1.165) is 29.5 Å². The van der Waals surface area contributed by atoms with Crippen molar-refractivity contribution in [3.8, 4) is 5.75 Å². The van der Waals surface area contributed by atoms with Gasteiger partial charge < -0.3 is 9.64 Å². The molecule has 0 saturated carbocycles. The van der Waals surface area contributed by atoms with Gasteiger partial charge in [0.1, 0.15) is 18.9 Å². The fourth-order valence-corrected chi connectivity index (χ4v) is 4.41. The Bertz CT molecular complexity index is 1130. The van der Waals surface area contributed by atoms with Crippen molar-refractivity contribution in [2.45, 2.75) is 19.4 Å². The molecule has 0 bridgehead atoms. The minimum atomic E-state index is -0.469. The maximum Gasteiger partial charge on any atom is 0.294 e. The molecule has 2 heterocycles. The molecule has 3 amide bonds. The van der Waals surface area contributed by atoms with Gasteiger partial charge in [-0.2, -0.15) is 0 Å². The number of benzene rings is 2. The first-order valence-electron chi connectivity index (χ1n) is 10.4. The van der Waals surface area contributed by atoms with Gasteiger partial charge in [-0.15, -0.1) is 0 Å². The Morgan fingerprint density at radius 1 is 1.12 bits per heavy atom. The molecule has 2 aliphatic heterocycles. The minimum absolute atomic E-state index is 0.00234. The van der Waals surface area contributed by atoms with Gasteiger partial charge in [-0.3, -0.25) is 29.4 Å². The summed E-state index contributed by atoms with van der Waals surface area (Å²) in [6, 6.07) is 13.1. The molecule has 2 aromatic rings. The predicted octanol–water partition coefficient (Wildman–Crippen LogP) is 3.83. The molecule has 2 aromatic carbocycles. The third-order valence-electron chi connectivity index (χ3n) is 5.33. The van der Waals surface area contributed by atoms with Gasteiger partial charge >= 0.3 is 0 Å². The summed E-state index contributed by atoms with van der Waals surface area (Å²) < 4.78 is 5.68. The van der Waals surface area contributed by atoms with Gasteiger partial charge in [0.2, 0.25) is 5.91 Å². The van der Waals surface area contributed by atoms with E-state index in [9.17, 15) is 24.5 Å². The van der Waals surface area contributed by atoms with E-state index in [1.807, 2.05) is 0 Å². The van der Waals surface area contributed by atoms with Crippen LogP contribution in [0.4, 0.5) is 10.5 Å². The first kappa shape index (κ1) is 22.5. The zero-order valence-corrected chi connectivity index (χ0v) is 18.5. The third kappa shape index (κ3) is 5.40. The minimum Gasteiger partial charge on any atom is -0.489 e. The SMILES string of the molecule is O=C(CN1C(=O)S/C(=C/c2ccc(OCc3cccc([N+](=O)[O-])c3)cc2)C1=O)N1CCCC1. The van der Waals surface area contributed by atoms with E-state index in [0.29, 0.717) is 30.0 Å². The Balaban J connectivity index is 1.36. The van der Waals surface area contributed by atoms with Crippen LogP contribution < -0.4 is 4.74 Å². The molecule has 0 N–H and O–H groups in total. The van der Waals surface area contributed by atoms with Crippen LogP contribution in [-0.4, -0.2) is 51.4 Å². The molecule has 0 aromatic heterocycles. The molecule has 9 nitrogen and oxygen atoms in total. The molecular formula is C23H21N3O6S. The molecule has 4 rings (SSSR count). The number of hydrogen-bond donors (Lipinski definition) is 0. The number of carbonyl (C=O) groups excluding carboxylic acids is 3. The number of rotatable bonds is 7. The van der Waals surface area contributed by atoms with E-state index in [1.54, 1.807) is 47.4 Å². The van der Waals surface area contributed by atoms with Crippen molar-refractivity contribution in [1.29, 1.82) is 0 Å². The van der Waals surface area contributed by atoms with E-state index >= 15 is 0 Å². The van der Waals surface area contributed by atoms with E-state index in [-0.39, 0.29) is 29.7 Å². The van der Waals surface area contributed by atoms with Gasteiger partial charge in [0.25, 0.3) is 16.8 Å². The number of ether oxygens (including phenoxy) is 1. The highest BCUT2D eigenvalue weighted by Crippen LogP contribution is 2.32. The lowest BCUT2D eigenvalue weighted by Crippen LogP contribution is -2.40. The van der Waals surface area contributed by atoms with Gasteiger partial charge in [0.05, 0.1) is 9.83 Å². The smallest absolute Gasteiger partial charge is 0.294 e. The molecule has 10 heteroatoms. The van der Waals surface area contributed by atoms with Crippen LogP contribution in [0, 0.1) is 10.1 Å². The monoisotopic (exact) mass is 467 g/mol. The average molecular weight is 468 g/mol. The van der Waals surface area contributed by atoms with Gasteiger partial charge in [0.15, 0.2) is 0 Å². The van der Waals surface area contributed by atoms with Crippen LogP contribution in [0.2, 0.25) is 0 Å². The second kappa shape index (κ2) is 9.86. The highest BCUT2D eigenvalue weighted by atomic mass is 32.2. The van der Waals surface area contributed by atoms with Crippen molar-refractivity contribution in [3.63, 3.8) is 0 Å². The summed E-state index contributed by atoms with van der Waals surface area (Å²) in [5.41, 5.74) is 1.38. The van der Waals surface area contributed by atoms with Crippen molar-refractivity contribution in [1.82, 2.24) is 9.80 Å². The Morgan fingerprint density at radius 2 is 1.85 bits per heavy atom. The number of amides is 3. The number of carbonyl (C=O) groups is 3. The highest BCUT2D eigenvalue weighted by Gasteiger charge is 2.37. The molecule has 0 atom stereocenters. The van der Waals surface area contributed by atoms with E-state index in [1.165, 1.54) is 12.1 Å². The van der Waals surface area contributed by atoms with Gasteiger partial charge in [0, 0.05) is 25.2 Å². The fourth-order valence-electron chi connectivity index (χ4n) is 3.58. The van der Waals surface area contributed by atoms with E-state index in [4.69, 9.17) is 4.74 Å². The normalized spacial score (nSPS) is 17.2. The van der Waals surface area contributed by atoms with E-state index < -0.39 is 16.1 Å². The lowest BCUT2D eigenvalue weighted by Gasteiger charge is -2.18. The molecule has 0 radical (unpaired) electrons. The topological polar surface area (TPSA) is 110 Å². The summed E-state index contributed by atoms with van der Waals surface area (Å²) in [4.78, 5) is 50.6. The summed E-state index contributed by atoms with van der Waals surface area (Å²) in [5.74, 6) is -0.118. The second-order valence-corrected chi connectivity index (χ2v) is 8.63. The van der Waals surface area contributed by atoms with Gasteiger partial charge in [-0.05, 0) is 53.9 Å². The first-order valence-corrected chi connectivity index (χ1v) is 11.2. The molecule has 0 aliphatic carbocycles. The average Bonchev–Trinajstić information content (AvgIpc) is 3.44. The number of nitrogens with zero attached hydrogens (tertiary/aromatic N) is 3. The van der Waals surface area contributed by atoms with Crippen LogP contribution in [0.3, 0.4) is 0 Å². The van der Waals surface area contributed by atoms with Crippen molar-refractivity contribution in [3.05, 3.63) is 74.7 Å². The molecule has 2 aliphatic rings. The molecule has 0 spiro atoms. The maximum absolute atomic E-state index is 12.6. The van der Waals surface area contributed by atoms with Gasteiger partial charge in [-0.25, -0.2) is 0 Å². The summed E-state index contributed by atoms with van der Waals surface area (Å²) in [7, 11) is 0. The molecular weight excluding hydrogens is 446 g/mol. The van der Waals surface area contributed by atoms with E-state index in [2.05, 4.69) is 0 Å². The third-order valence-corrected chi connectivity index (χ3v) is 6.24. The molecule has 0 unspecified atom stereocenters. The Morgan fingerprint density at radius 3 is 2.55 bits per heavy atom. The summed E-state index contributed by atoms with van der Waals surface area (Å²) in [6.07, 6.45) is 3.49. The number of nitro groups is 1. The second-order valence-electron chi connectivity index (χ2n) is 7.64. The molecule has 2 saturated heterocycles. The lowest BCUT2D eigenvalue weighted by atomic mass is 10.2. The summed E-state index contributed by atoms with van der Waals surface area (Å²) >= 11 is 0.818. The first-order chi connectivity index (χ1) is 15.9. The number of likely N-dealkylation sites (tertiary alicyclic amines) is 1. The number of hydrogen-bond acceptors (Lipinski definition) is 7. The number of imide groups is 1. The molecule has 33 heavy (non-hydrogen) atoms. The number of thioether (sulfide) groups is 1. The van der Waals surface area contributed by atoms with Gasteiger partial charge in [-0.1, -0.05) is 24.3 Å². The maximum atomic E-state index is 12.6. The van der Waals surface area contributed by atoms with Crippen molar-refractivity contribution in [2.75, 3.05) is 19.6 Å². The fraction of sp³-hybridized carbons (Fsp3) is 0.261. The van der Waals surface area contributed by atoms with Crippen LogP contribution in [-0.2, 0) is 16.2 Å². The largest absolute Gasteiger partial charge is 0.489 e. The zero-order chi connectivity index (χ0) is 23.4. The molecule has 170 valence electrons. The Labute approximate surface area is 194 Å². The predicted molar refractivity (Wildman–Crippen MR) is 122 cm³/mol.